The number of carboxylic acids is 1. The van der Waals surface area contributed by atoms with Gasteiger partial charge in [0.2, 0.25) is 0 Å². The Labute approximate surface area is 182 Å². The molecular formula is C26H52O3. The average Bonchev–Trinajstić information content (AvgIpc) is 2.69. The van der Waals surface area contributed by atoms with Crippen molar-refractivity contribution in [3.63, 3.8) is 0 Å². The first-order valence-electron chi connectivity index (χ1n) is 12.7. The first-order chi connectivity index (χ1) is 14.2. The lowest BCUT2D eigenvalue weighted by Crippen LogP contribution is -1.93. The molecule has 0 radical (unpaired) electrons. The number of carboxylic acid groups (broad SMARTS) is 1. The van der Waals surface area contributed by atoms with Gasteiger partial charge in [-0.2, -0.15) is 0 Å². The zero-order valence-electron chi connectivity index (χ0n) is 19.8. The van der Waals surface area contributed by atoms with Gasteiger partial charge in [-0.05, 0) is 39.0 Å². The summed E-state index contributed by atoms with van der Waals surface area (Å²) >= 11 is 0. The van der Waals surface area contributed by atoms with Crippen molar-refractivity contribution in [3.8, 4) is 0 Å². The van der Waals surface area contributed by atoms with Crippen molar-refractivity contribution in [2.45, 2.75) is 142 Å². The molecule has 0 saturated heterocycles. The maximum absolute atomic E-state index is 10.4. The summed E-state index contributed by atoms with van der Waals surface area (Å²) in [5.74, 6) is -0.654. The molecule has 0 aromatic heterocycles. The maximum atomic E-state index is 10.4. The van der Waals surface area contributed by atoms with Crippen molar-refractivity contribution in [1.29, 1.82) is 0 Å². The summed E-state index contributed by atoms with van der Waals surface area (Å²) in [5, 5.41) is 16.1. The van der Waals surface area contributed by atoms with Crippen LogP contribution >= 0.6 is 0 Å². The van der Waals surface area contributed by atoms with E-state index < -0.39 is 5.97 Å². The van der Waals surface area contributed by atoms with Crippen molar-refractivity contribution in [3.05, 3.63) is 12.2 Å². The third-order valence-corrected chi connectivity index (χ3v) is 5.15. The Hall–Kier alpha value is -0.830. The van der Waals surface area contributed by atoms with E-state index in [0.717, 1.165) is 12.8 Å². The molecule has 0 bridgehead atoms. The second-order valence-corrected chi connectivity index (χ2v) is 8.17. The third-order valence-electron chi connectivity index (χ3n) is 5.15. The van der Waals surface area contributed by atoms with Crippen molar-refractivity contribution in [2.24, 2.45) is 0 Å². The molecule has 174 valence electrons. The van der Waals surface area contributed by atoms with E-state index >= 15 is 0 Å². The van der Waals surface area contributed by atoms with Crippen LogP contribution in [0.25, 0.3) is 0 Å². The van der Waals surface area contributed by atoms with Crippen LogP contribution in [0.4, 0.5) is 0 Å². The zero-order chi connectivity index (χ0) is 21.8. The fourth-order valence-corrected chi connectivity index (χ4v) is 3.41. The first-order valence-corrected chi connectivity index (χ1v) is 12.7. The normalized spacial score (nSPS) is 10.9. The van der Waals surface area contributed by atoms with Crippen LogP contribution in [0.15, 0.2) is 12.2 Å². The predicted octanol–water partition coefficient (Wildman–Crippen LogP) is 8.45. The number of allylic oxidation sites excluding steroid dienone is 2. The van der Waals surface area contributed by atoms with Gasteiger partial charge in [-0.25, -0.2) is 0 Å². The quantitative estimate of drug-likeness (QED) is 0.147. The molecule has 0 saturated carbocycles. The van der Waals surface area contributed by atoms with E-state index in [-0.39, 0.29) is 6.61 Å². The fourth-order valence-electron chi connectivity index (χ4n) is 3.41. The third kappa shape index (κ3) is 35.0. The number of rotatable bonds is 21. The highest BCUT2D eigenvalue weighted by Crippen LogP contribution is 2.13. The molecular weight excluding hydrogens is 360 g/mol. The summed E-state index contributed by atoms with van der Waals surface area (Å²) in [6.45, 7) is 4.21. The molecule has 0 aromatic carbocycles. The van der Waals surface area contributed by atoms with Crippen LogP contribution in [-0.4, -0.2) is 22.8 Å². The Morgan fingerprint density at radius 1 is 0.586 bits per heavy atom. The molecule has 0 spiro atoms. The van der Waals surface area contributed by atoms with E-state index in [0.29, 0.717) is 6.42 Å². The summed E-state index contributed by atoms with van der Waals surface area (Å²) < 4.78 is 0. The summed E-state index contributed by atoms with van der Waals surface area (Å²) in [5.41, 5.74) is 0. The van der Waals surface area contributed by atoms with Gasteiger partial charge in [-0.1, -0.05) is 109 Å². The van der Waals surface area contributed by atoms with Gasteiger partial charge in [0.25, 0.3) is 0 Å². The van der Waals surface area contributed by atoms with Crippen LogP contribution in [0.5, 0.6) is 0 Å². The van der Waals surface area contributed by atoms with Crippen LogP contribution in [-0.2, 0) is 4.79 Å². The Morgan fingerprint density at radius 2 is 0.897 bits per heavy atom. The Balaban J connectivity index is 0. The molecule has 0 fully saturated rings. The lowest BCUT2D eigenvalue weighted by molar-refractivity contribution is -0.137. The highest BCUT2D eigenvalue weighted by atomic mass is 16.4. The maximum Gasteiger partial charge on any atom is 0.303 e. The molecule has 0 atom stereocenters. The standard InChI is InChI=1S/C24H46O2.C2H6O/c1-2-3-4-5-6-7-8-9-10-11-12-13-14-15-16-17-18-19-20-21-22-23-24(25)26;1-2-3/h9-10H,2-8,11-23H2,1H3,(H,25,26);3H,2H2,1H3. The number of aliphatic carboxylic acids is 1. The topological polar surface area (TPSA) is 57.5 Å². The Kier molecular flexibility index (Phi) is 30.8. The molecule has 2 N–H and O–H groups in total. The minimum Gasteiger partial charge on any atom is -0.481 e. The van der Waals surface area contributed by atoms with E-state index in [9.17, 15) is 4.79 Å². The van der Waals surface area contributed by atoms with Crippen LogP contribution in [0.1, 0.15) is 142 Å². The molecule has 0 aliphatic rings. The summed E-state index contributed by atoms with van der Waals surface area (Å²) in [6.07, 6.45) is 30.1. The number of carbonyl (C=O) groups is 1. The van der Waals surface area contributed by atoms with Gasteiger partial charge in [-0.15, -0.1) is 0 Å². The molecule has 3 heteroatoms. The van der Waals surface area contributed by atoms with Gasteiger partial charge in [0, 0.05) is 13.0 Å². The predicted molar refractivity (Wildman–Crippen MR) is 128 cm³/mol. The minimum absolute atomic E-state index is 0.250. The van der Waals surface area contributed by atoms with Crippen LogP contribution in [0, 0.1) is 0 Å². The molecule has 0 aromatic rings. The lowest BCUT2D eigenvalue weighted by Gasteiger charge is -2.02. The van der Waals surface area contributed by atoms with E-state index in [1.165, 1.54) is 109 Å². The first kappa shape index (κ1) is 30.4. The van der Waals surface area contributed by atoms with Crippen LogP contribution in [0.2, 0.25) is 0 Å². The van der Waals surface area contributed by atoms with Crippen molar-refractivity contribution in [1.82, 2.24) is 0 Å². The summed E-state index contributed by atoms with van der Waals surface area (Å²) in [7, 11) is 0. The molecule has 0 rings (SSSR count). The monoisotopic (exact) mass is 412 g/mol. The zero-order valence-corrected chi connectivity index (χ0v) is 19.8. The number of unbranched alkanes of at least 4 members (excludes halogenated alkanes) is 17. The number of aliphatic hydroxyl groups excluding tert-OH is 1. The van der Waals surface area contributed by atoms with Crippen molar-refractivity contribution in [2.75, 3.05) is 6.61 Å². The highest BCUT2D eigenvalue weighted by Gasteiger charge is 1.97. The molecule has 0 aliphatic carbocycles. The lowest BCUT2D eigenvalue weighted by atomic mass is 10.0. The van der Waals surface area contributed by atoms with Gasteiger partial charge in [0.05, 0.1) is 0 Å². The molecule has 3 nitrogen and oxygen atoms in total. The minimum atomic E-state index is -0.654. The van der Waals surface area contributed by atoms with Crippen molar-refractivity contribution >= 4 is 5.97 Å². The second-order valence-electron chi connectivity index (χ2n) is 8.17. The molecule has 29 heavy (non-hydrogen) atoms. The Morgan fingerprint density at radius 3 is 1.24 bits per heavy atom. The van der Waals surface area contributed by atoms with Gasteiger partial charge >= 0.3 is 5.97 Å². The fraction of sp³-hybridized carbons (Fsp3) is 0.885. The van der Waals surface area contributed by atoms with Gasteiger partial charge in [0.15, 0.2) is 0 Å². The summed E-state index contributed by atoms with van der Waals surface area (Å²) in [6, 6.07) is 0. The Bertz CT molecular complexity index is 326. The van der Waals surface area contributed by atoms with Crippen LogP contribution < -0.4 is 0 Å². The van der Waals surface area contributed by atoms with Gasteiger partial charge in [0.1, 0.15) is 0 Å². The highest BCUT2D eigenvalue weighted by molar-refractivity contribution is 5.66. The molecule has 0 amide bonds. The van der Waals surface area contributed by atoms with E-state index in [1.807, 2.05) is 0 Å². The summed E-state index contributed by atoms with van der Waals surface area (Å²) in [4.78, 5) is 10.4. The number of aliphatic hydroxyl groups is 1. The molecule has 0 unspecified atom stereocenters. The number of hydrogen-bond donors (Lipinski definition) is 2. The van der Waals surface area contributed by atoms with E-state index in [2.05, 4.69) is 19.1 Å². The van der Waals surface area contributed by atoms with E-state index in [4.69, 9.17) is 10.2 Å². The number of hydrogen-bond acceptors (Lipinski definition) is 2. The molecule has 0 aliphatic heterocycles. The SMILES string of the molecule is CCCCCCCCC=CCCCCCCCCCCCCCC(=O)O.CCO. The van der Waals surface area contributed by atoms with Crippen LogP contribution in [0.3, 0.4) is 0 Å². The largest absolute Gasteiger partial charge is 0.481 e. The molecule has 0 heterocycles. The van der Waals surface area contributed by atoms with Gasteiger partial charge in [-0.3, -0.25) is 4.79 Å². The van der Waals surface area contributed by atoms with Gasteiger partial charge < -0.3 is 10.2 Å². The average molecular weight is 413 g/mol. The van der Waals surface area contributed by atoms with E-state index in [1.54, 1.807) is 6.92 Å². The smallest absolute Gasteiger partial charge is 0.303 e. The second kappa shape index (κ2) is 29.4. The van der Waals surface area contributed by atoms with Crippen molar-refractivity contribution < 1.29 is 15.0 Å².